The van der Waals surface area contributed by atoms with Gasteiger partial charge in [0.25, 0.3) is 5.91 Å². The van der Waals surface area contributed by atoms with Gasteiger partial charge >= 0.3 is 6.03 Å². The maximum absolute atomic E-state index is 11.9. The van der Waals surface area contributed by atoms with Crippen molar-refractivity contribution in [1.82, 2.24) is 10.6 Å². The topological polar surface area (TPSA) is 101 Å². The summed E-state index contributed by atoms with van der Waals surface area (Å²) >= 11 is 0. The number of amides is 3. The second kappa shape index (κ2) is 5.62. The fraction of sp³-hybridized carbons (Fsp3) is 0.308. The van der Waals surface area contributed by atoms with E-state index < -0.39 is 29.8 Å². The number of benzene rings is 1. The number of nitrogens with one attached hydrogen (secondary N) is 2. The molecule has 0 bridgehead atoms. The quantitative estimate of drug-likeness (QED) is 0.501. The second-order valence-corrected chi connectivity index (χ2v) is 4.43. The Labute approximate surface area is 110 Å². The molecule has 2 atom stereocenters. The van der Waals surface area contributed by atoms with Crippen molar-refractivity contribution in [1.29, 1.82) is 0 Å². The number of carbonyl (C=O) groups excluding carboxylic acids is 3. The van der Waals surface area contributed by atoms with E-state index in [1.54, 1.807) is 0 Å². The first-order chi connectivity index (χ1) is 9.08. The summed E-state index contributed by atoms with van der Waals surface area (Å²) in [5.41, 5.74) is 6.85. The van der Waals surface area contributed by atoms with Gasteiger partial charge in [-0.05, 0) is 18.4 Å². The average molecular weight is 261 g/mol. The van der Waals surface area contributed by atoms with Crippen LogP contribution in [0.25, 0.3) is 0 Å². The molecule has 6 nitrogen and oxygen atoms in total. The number of rotatable bonds is 5. The van der Waals surface area contributed by atoms with Gasteiger partial charge in [-0.3, -0.25) is 14.9 Å². The fourth-order valence-corrected chi connectivity index (χ4v) is 1.94. The number of urea groups is 1. The molecule has 1 saturated heterocycles. The summed E-state index contributed by atoms with van der Waals surface area (Å²) in [6.45, 7) is 0. The van der Waals surface area contributed by atoms with Crippen LogP contribution in [0.3, 0.4) is 0 Å². The van der Waals surface area contributed by atoms with E-state index in [-0.39, 0.29) is 0 Å². The first-order valence-corrected chi connectivity index (χ1v) is 6.02. The minimum Gasteiger partial charge on any atom is -0.321 e. The van der Waals surface area contributed by atoms with E-state index in [0.29, 0.717) is 12.8 Å². The van der Waals surface area contributed by atoms with Crippen LogP contribution in [0.4, 0.5) is 4.79 Å². The lowest BCUT2D eigenvalue weighted by Gasteiger charge is -2.13. The van der Waals surface area contributed by atoms with E-state index >= 15 is 0 Å². The van der Waals surface area contributed by atoms with E-state index in [1.807, 2.05) is 35.6 Å². The van der Waals surface area contributed by atoms with Crippen molar-refractivity contribution in [3.8, 4) is 0 Å². The molecule has 100 valence electrons. The first-order valence-electron chi connectivity index (χ1n) is 6.02. The van der Waals surface area contributed by atoms with Crippen LogP contribution < -0.4 is 16.4 Å². The Balaban J connectivity index is 1.89. The van der Waals surface area contributed by atoms with Crippen LogP contribution in [0.15, 0.2) is 30.3 Å². The number of hydrogen-bond acceptors (Lipinski definition) is 4. The molecular weight excluding hydrogens is 246 g/mol. The molecule has 1 fully saturated rings. The lowest BCUT2D eigenvalue weighted by atomic mass is 9.99. The number of imide groups is 1. The van der Waals surface area contributed by atoms with Crippen molar-refractivity contribution in [3.63, 3.8) is 0 Å². The molecule has 2 unspecified atom stereocenters. The third kappa shape index (κ3) is 3.17. The van der Waals surface area contributed by atoms with Crippen molar-refractivity contribution in [2.45, 2.75) is 24.9 Å². The molecule has 0 radical (unpaired) electrons. The van der Waals surface area contributed by atoms with Gasteiger partial charge in [-0.15, -0.1) is 0 Å². The molecular formula is C13H15N3O3. The molecule has 1 aliphatic heterocycles. The normalized spacial score (nSPS) is 19.7. The van der Waals surface area contributed by atoms with Crippen LogP contribution in [0.1, 0.15) is 12.0 Å². The number of hydrogen-bond donors (Lipinski definition) is 3. The van der Waals surface area contributed by atoms with Gasteiger partial charge in [-0.25, -0.2) is 4.79 Å². The highest BCUT2D eigenvalue weighted by Gasteiger charge is 2.37. The zero-order valence-electron chi connectivity index (χ0n) is 10.3. The van der Waals surface area contributed by atoms with Gasteiger partial charge in [-0.1, -0.05) is 30.3 Å². The van der Waals surface area contributed by atoms with E-state index in [4.69, 9.17) is 5.73 Å². The molecule has 0 aromatic heterocycles. The van der Waals surface area contributed by atoms with Crippen molar-refractivity contribution in [2.24, 2.45) is 5.73 Å². The van der Waals surface area contributed by atoms with E-state index in [0.717, 1.165) is 5.56 Å². The standard InChI is InChI=1S/C13H15N3O3/c14-9(7-6-8-4-2-1-3-5-8)11(17)10-12(18)16-13(19)15-10/h1-5,9-10H,6-7,14H2,(H2,15,16,18,19). The predicted octanol–water partition coefficient (Wildman–Crippen LogP) is -0.276. The summed E-state index contributed by atoms with van der Waals surface area (Å²) in [5.74, 6) is -1.09. The van der Waals surface area contributed by atoms with Crippen LogP contribution in [0.2, 0.25) is 0 Å². The van der Waals surface area contributed by atoms with Gasteiger partial charge in [0.05, 0.1) is 6.04 Å². The molecule has 6 heteroatoms. The second-order valence-electron chi connectivity index (χ2n) is 4.43. The van der Waals surface area contributed by atoms with E-state index in [1.165, 1.54) is 0 Å². The third-order valence-electron chi connectivity index (χ3n) is 3.01. The number of Topliss-reactive ketones (excluding diaryl/α,β-unsaturated/α-hetero) is 1. The highest BCUT2D eigenvalue weighted by atomic mass is 16.2. The lowest BCUT2D eigenvalue weighted by Crippen LogP contribution is -2.47. The summed E-state index contributed by atoms with van der Waals surface area (Å²) in [6.07, 6.45) is 1.08. The van der Waals surface area contributed by atoms with Gasteiger partial charge in [-0.2, -0.15) is 0 Å². The number of nitrogens with two attached hydrogens (primary N) is 1. The summed E-state index contributed by atoms with van der Waals surface area (Å²) in [5, 5.41) is 4.26. The van der Waals surface area contributed by atoms with Crippen molar-refractivity contribution in [3.05, 3.63) is 35.9 Å². The third-order valence-corrected chi connectivity index (χ3v) is 3.01. The van der Waals surface area contributed by atoms with Gasteiger partial charge in [0.15, 0.2) is 11.8 Å². The monoisotopic (exact) mass is 261 g/mol. The Morgan fingerprint density at radius 2 is 1.95 bits per heavy atom. The molecule has 2 rings (SSSR count). The highest BCUT2D eigenvalue weighted by Crippen LogP contribution is 2.07. The molecule has 0 spiro atoms. The van der Waals surface area contributed by atoms with Crippen LogP contribution in [0.5, 0.6) is 0 Å². The van der Waals surface area contributed by atoms with Crippen LogP contribution in [0, 0.1) is 0 Å². The van der Waals surface area contributed by atoms with E-state index in [2.05, 4.69) is 5.32 Å². The molecule has 4 N–H and O–H groups in total. The summed E-state index contributed by atoms with van der Waals surface area (Å²) in [7, 11) is 0. The average Bonchev–Trinajstić information content (AvgIpc) is 2.75. The fourth-order valence-electron chi connectivity index (χ4n) is 1.94. The highest BCUT2D eigenvalue weighted by molar-refractivity contribution is 6.17. The molecule has 1 aromatic carbocycles. The molecule has 3 amide bonds. The minimum atomic E-state index is -1.15. The maximum Gasteiger partial charge on any atom is 0.322 e. The number of ketones is 1. The van der Waals surface area contributed by atoms with Crippen LogP contribution in [-0.4, -0.2) is 29.8 Å². The SMILES string of the molecule is NC(CCc1ccccc1)C(=O)C1NC(=O)NC1=O. The number of carbonyl (C=O) groups is 3. The summed E-state index contributed by atoms with van der Waals surface area (Å²) < 4.78 is 0. The minimum absolute atomic E-state index is 0.433. The molecule has 1 aromatic rings. The van der Waals surface area contributed by atoms with Gasteiger partial charge in [0, 0.05) is 0 Å². The Bertz CT molecular complexity index is 501. The van der Waals surface area contributed by atoms with Crippen molar-refractivity contribution in [2.75, 3.05) is 0 Å². The predicted molar refractivity (Wildman–Crippen MR) is 68.2 cm³/mol. The molecule has 0 aliphatic carbocycles. The van der Waals surface area contributed by atoms with Crippen molar-refractivity contribution < 1.29 is 14.4 Å². The Morgan fingerprint density at radius 3 is 2.53 bits per heavy atom. The first kappa shape index (κ1) is 13.2. The summed E-state index contributed by atoms with van der Waals surface area (Å²) in [4.78, 5) is 34.2. The maximum atomic E-state index is 11.9. The smallest absolute Gasteiger partial charge is 0.321 e. The molecule has 1 heterocycles. The molecule has 19 heavy (non-hydrogen) atoms. The van der Waals surface area contributed by atoms with Gasteiger partial charge < -0.3 is 11.1 Å². The summed E-state index contributed by atoms with van der Waals surface area (Å²) in [6, 6.07) is 7.04. The van der Waals surface area contributed by atoms with E-state index in [9.17, 15) is 14.4 Å². The molecule has 0 saturated carbocycles. The lowest BCUT2D eigenvalue weighted by molar-refractivity contribution is -0.129. The van der Waals surface area contributed by atoms with Crippen molar-refractivity contribution >= 4 is 17.7 Å². The Hall–Kier alpha value is -2.21. The Kier molecular flexibility index (Phi) is 3.91. The zero-order chi connectivity index (χ0) is 13.8. The van der Waals surface area contributed by atoms with Crippen LogP contribution >= 0.6 is 0 Å². The van der Waals surface area contributed by atoms with Crippen LogP contribution in [-0.2, 0) is 16.0 Å². The number of aryl methyl sites for hydroxylation is 1. The van der Waals surface area contributed by atoms with Gasteiger partial charge in [0.2, 0.25) is 0 Å². The van der Waals surface area contributed by atoms with Gasteiger partial charge in [0.1, 0.15) is 0 Å². The largest absolute Gasteiger partial charge is 0.322 e. The Morgan fingerprint density at radius 1 is 1.26 bits per heavy atom. The zero-order valence-corrected chi connectivity index (χ0v) is 10.3. The molecule has 1 aliphatic rings.